The van der Waals surface area contributed by atoms with Crippen LogP contribution in [0.5, 0.6) is 5.75 Å². The van der Waals surface area contributed by atoms with Crippen molar-refractivity contribution in [2.45, 2.75) is 51.9 Å². The van der Waals surface area contributed by atoms with E-state index < -0.39 is 19.9 Å². The largest absolute Gasteiger partial charge is 0.486 e. The highest BCUT2D eigenvalue weighted by molar-refractivity contribution is 8.14. The predicted molar refractivity (Wildman–Crippen MR) is 77.6 cm³/mol. The van der Waals surface area contributed by atoms with Gasteiger partial charge in [-0.05, 0) is 69.4 Å². The van der Waals surface area contributed by atoms with Gasteiger partial charge in [0.2, 0.25) is 9.05 Å². The van der Waals surface area contributed by atoms with E-state index in [1.54, 1.807) is 13.8 Å². The minimum absolute atomic E-state index is 0.404. The molecule has 0 bridgehead atoms. The van der Waals surface area contributed by atoms with Crippen molar-refractivity contribution >= 4 is 19.7 Å². The number of rotatable bonds is 1. The molecule has 1 atom stereocenters. The molecule has 1 aromatic rings. The second-order valence-corrected chi connectivity index (χ2v) is 8.60. The van der Waals surface area contributed by atoms with Crippen LogP contribution in [0.4, 0.5) is 0 Å². The van der Waals surface area contributed by atoms with Gasteiger partial charge < -0.3 is 4.74 Å². The molecule has 0 N–H and O–H groups in total. The molecule has 0 radical (unpaired) electrons. The molecule has 106 valence electrons. The zero-order valence-corrected chi connectivity index (χ0v) is 13.4. The molecule has 1 aliphatic rings. The molecule has 2 rings (SSSR count). The average molecular weight is 303 g/mol. The van der Waals surface area contributed by atoms with Crippen molar-refractivity contribution in [3.63, 3.8) is 0 Å². The molecular weight excluding hydrogens is 284 g/mol. The van der Waals surface area contributed by atoms with Gasteiger partial charge in [0.1, 0.15) is 16.6 Å². The van der Waals surface area contributed by atoms with Gasteiger partial charge in [0.25, 0.3) is 0 Å². The van der Waals surface area contributed by atoms with Crippen molar-refractivity contribution in [3.8, 4) is 5.75 Å². The van der Waals surface area contributed by atoms with Gasteiger partial charge in [-0.2, -0.15) is 0 Å². The van der Waals surface area contributed by atoms with Crippen molar-refractivity contribution in [1.29, 1.82) is 0 Å². The Bertz CT molecular complexity index is 633. The average Bonchev–Trinajstić information content (AvgIpc) is 2.22. The summed E-state index contributed by atoms with van der Waals surface area (Å²) >= 11 is 0. The highest BCUT2D eigenvalue weighted by Gasteiger charge is 2.45. The fourth-order valence-electron chi connectivity index (χ4n) is 2.66. The number of halogens is 1. The third-order valence-corrected chi connectivity index (χ3v) is 6.19. The normalized spacial score (nSPS) is 21.7. The molecule has 0 aliphatic carbocycles. The first-order chi connectivity index (χ1) is 8.54. The van der Waals surface area contributed by atoms with Gasteiger partial charge in [0.15, 0.2) is 0 Å². The van der Waals surface area contributed by atoms with E-state index in [1.807, 2.05) is 26.8 Å². The van der Waals surface area contributed by atoms with Gasteiger partial charge >= 0.3 is 0 Å². The molecule has 0 saturated heterocycles. The summed E-state index contributed by atoms with van der Waals surface area (Å²) in [6.07, 6.45) is 0.404. The first kappa shape index (κ1) is 14.7. The van der Waals surface area contributed by atoms with Gasteiger partial charge in [0.05, 0.1) is 0 Å². The second kappa shape index (κ2) is 4.38. The van der Waals surface area contributed by atoms with E-state index in [0.29, 0.717) is 6.42 Å². The fourth-order valence-corrected chi connectivity index (χ4v) is 4.59. The highest BCUT2D eigenvalue weighted by atomic mass is 35.7. The lowest BCUT2D eigenvalue weighted by Gasteiger charge is -2.39. The maximum absolute atomic E-state index is 11.8. The summed E-state index contributed by atoms with van der Waals surface area (Å²) in [6, 6.07) is 1.98. The summed E-state index contributed by atoms with van der Waals surface area (Å²) in [5.41, 5.74) is 3.56. The van der Waals surface area contributed by atoms with Crippen molar-refractivity contribution in [3.05, 3.63) is 28.3 Å². The van der Waals surface area contributed by atoms with Crippen LogP contribution in [0.25, 0.3) is 0 Å². The molecule has 19 heavy (non-hydrogen) atoms. The quantitative estimate of drug-likeness (QED) is 0.748. The maximum atomic E-state index is 11.8. The number of hydrogen-bond donors (Lipinski definition) is 0. The van der Waals surface area contributed by atoms with Crippen LogP contribution < -0.4 is 4.74 Å². The van der Waals surface area contributed by atoms with Crippen LogP contribution in [0.3, 0.4) is 0 Å². The van der Waals surface area contributed by atoms with Crippen molar-refractivity contribution in [2.75, 3.05) is 0 Å². The van der Waals surface area contributed by atoms with E-state index in [0.717, 1.165) is 22.4 Å². The fraction of sp³-hybridized carbons (Fsp3) is 0.571. The summed E-state index contributed by atoms with van der Waals surface area (Å²) in [6.45, 7) is 9.61. The van der Waals surface area contributed by atoms with Crippen LogP contribution in [0.2, 0.25) is 0 Å². The Morgan fingerprint density at radius 3 is 2.37 bits per heavy atom. The molecule has 1 aliphatic heterocycles. The molecule has 1 heterocycles. The third kappa shape index (κ3) is 2.48. The van der Waals surface area contributed by atoms with Crippen LogP contribution in [-0.4, -0.2) is 19.3 Å². The molecular formula is C14H19ClO3S. The van der Waals surface area contributed by atoms with E-state index in [2.05, 4.69) is 0 Å². The molecule has 0 aromatic heterocycles. The van der Waals surface area contributed by atoms with Crippen LogP contribution in [0.15, 0.2) is 6.07 Å². The standard InChI is InChI=1S/C14H19ClO3S/c1-8-6-12-11(10(3)9(8)2)7-13(19(15,16)17)14(4,5)18-12/h6,13H,7H2,1-5H3. The number of benzene rings is 1. The Morgan fingerprint density at radius 2 is 1.84 bits per heavy atom. The highest BCUT2D eigenvalue weighted by Crippen LogP contribution is 2.40. The lowest BCUT2D eigenvalue weighted by Crippen LogP contribution is -2.49. The number of ether oxygens (including phenoxy) is 1. The van der Waals surface area contributed by atoms with Gasteiger partial charge in [-0.3, -0.25) is 0 Å². The molecule has 0 saturated carbocycles. The van der Waals surface area contributed by atoms with E-state index in [1.165, 1.54) is 5.56 Å². The number of fused-ring (bicyclic) bond motifs is 1. The number of aryl methyl sites for hydroxylation is 1. The minimum Gasteiger partial charge on any atom is -0.486 e. The summed E-state index contributed by atoms with van der Waals surface area (Å²) in [5.74, 6) is 0.780. The summed E-state index contributed by atoms with van der Waals surface area (Å²) in [5, 5.41) is -0.727. The molecule has 0 amide bonds. The van der Waals surface area contributed by atoms with Crippen molar-refractivity contribution in [2.24, 2.45) is 0 Å². The first-order valence-electron chi connectivity index (χ1n) is 6.26. The van der Waals surface area contributed by atoms with E-state index in [9.17, 15) is 8.42 Å². The topological polar surface area (TPSA) is 43.4 Å². The smallest absolute Gasteiger partial charge is 0.239 e. The van der Waals surface area contributed by atoms with Gasteiger partial charge in [0, 0.05) is 10.7 Å². The molecule has 3 nitrogen and oxygen atoms in total. The van der Waals surface area contributed by atoms with Gasteiger partial charge in [-0.1, -0.05) is 0 Å². The summed E-state index contributed by atoms with van der Waals surface area (Å²) in [7, 11) is 1.91. The van der Waals surface area contributed by atoms with Crippen molar-refractivity contribution < 1.29 is 13.2 Å². The Kier molecular flexibility index (Phi) is 3.38. The van der Waals surface area contributed by atoms with E-state index in [4.69, 9.17) is 15.4 Å². The molecule has 0 fully saturated rings. The van der Waals surface area contributed by atoms with Crippen molar-refractivity contribution in [1.82, 2.24) is 0 Å². The molecule has 1 unspecified atom stereocenters. The molecule has 5 heteroatoms. The lowest BCUT2D eigenvalue weighted by molar-refractivity contribution is 0.0885. The SMILES string of the molecule is Cc1cc2c(c(C)c1C)CC(S(=O)(=O)Cl)C(C)(C)O2. The van der Waals surface area contributed by atoms with Crippen LogP contribution in [-0.2, 0) is 15.5 Å². The predicted octanol–water partition coefficient (Wildman–Crippen LogP) is 3.26. The Hall–Kier alpha value is -0.740. The number of hydrogen-bond acceptors (Lipinski definition) is 3. The molecule has 0 spiro atoms. The Labute approximate surface area is 119 Å². The van der Waals surface area contributed by atoms with Gasteiger partial charge in [-0.15, -0.1) is 0 Å². The zero-order chi connectivity index (χ0) is 14.6. The summed E-state index contributed by atoms with van der Waals surface area (Å²) < 4.78 is 29.4. The van der Waals surface area contributed by atoms with E-state index >= 15 is 0 Å². The lowest BCUT2D eigenvalue weighted by atomic mass is 9.88. The Balaban J connectivity index is 2.62. The maximum Gasteiger partial charge on any atom is 0.239 e. The monoisotopic (exact) mass is 302 g/mol. The van der Waals surface area contributed by atoms with Crippen LogP contribution in [0, 0.1) is 20.8 Å². The first-order valence-corrected chi connectivity index (χ1v) is 8.63. The van der Waals surface area contributed by atoms with Crippen LogP contribution >= 0.6 is 10.7 Å². The Morgan fingerprint density at radius 1 is 1.26 bits per heavy atom. The second-order valence-electron chi connectivity index (χ2n) is 5.79. The van der Waals surface area contributed by atoms with Gasteiger partial charge in [-0.25, -0.2) is 8.42 Å². The summed E-state index contributed by atoms with van der Waals surface area (Å²) in [4.78, 5) is 0. The van der Waals surface area contributed by atoms with E-state index in [-0.39, 0.29) is 0 Å². The minimum atomic E-state index is -3.67. The third-order valence-electron chi connectivity index (χ3n) is 4.13. The molecule has 1 aromatic carbocycles. The zero-order valence-electron chi connectivity index (χ0n) is 11.9. The van der Waals surface area contributed by atoms with Crippen LogP contribution in [0.1, 0.15) is 36.1 Å².